The van der Waals surface area contributed by atoms with Gasteiger partial charge in [-0.1, -0.05) is 6.07 Å². The van der Waals surface area contributed by atoms with E-state index in [-0.39, 0.29) is 11.8 Å². The number of carbonyl (C=O) groups excluding carboxylic acids is 1. The minimum absolute atomic E-state index is 0.0172. The highest BCUT2D eigenvalue weighted by Gasteiger charge is 2.35. The number of benzene rings is 1. The molecule has 1 saturated heterocycles. The molecule has 0 aromatic heterocycles. The van der Waals surface area contributed by atoms with E-state index in [2.05, 4.69) is 12.1 Å². The summed E-state index contributed by atoms with van der Waals surface area (Å²) >= 11 is 0. The Morgan fingerprint density at radius 1 is 1.30 bits per heavy atom. The second kappa shape index (κ2) is 6.22. The summed E-state index contributed by atoms with van der Waals surface area (Å²) in [4.78, 5) is 25.3. The van der Waals surface area contributed by atoms with Gasteiger partial charge >= 0.3 is 5.97 Å². The summed E-state index contributed by atoms with van der Waals surface area (Å²) in [6, 6.07) is 3.59. The molecular formula is C18H23NO4. The number of amides is 1. The molecule has 1 aliphatic heterocycles. The number of carboxylic acids is 1. The molecule has 2 atom stereocenters. The molecule has 1 aromatic rings. The Kier molecular flexibility index (Phi) is 4.28. The SMILES string of the molecule is COc1cc2c(cc1C)CC(CC(=O)N1CCC[C@H]1C(=O)O)C2. The fourth-order valence-corrected chi connectivity index (χ4v) is 3.91. The van der Waals surface area contributed by atoms with Crippen LogP contribution in [0.3, 0.4) is 0 Å². The lowest BCUT2D eigenvalue weighted by Crippen LogP contribution is -2.41. The predicted molar refractivity (Wildman–Crippen MR) is 85.6 cm³/mol. The van der Waals surface area contributed by atoms with Gasteiger partial charge in [0.05, 0.1) is 7.11 Å². The number of methoxy groups -OCH3 is 1. The van der Waals surface area contributed by atoms with Gasteiger partial charge in [0, 0.05) is 13.0 Å². The average Bonchev–Trinajstić information content (AvgIpc) is 3.12. The zero-order valence-corrected chi connectivity index (χ0v) is 13.7. The Bertz CT molecular complexity index is 640. The Balaban J connectivity index is 1.66. The van der Waals surface area contributed by atoms with Crippen LogP contribution in [-0.4, -0.2) is 41.6 Å². The predicted octanol–water partition coefficient (Wildman–Crippen LogP) is 2.18. The van der Waals surface area contributed by atoms with Crippen LogP contribution >= 0.6 is 0 Å². The van der Waals surface area contributed by atoms with Crippen LogP contribution in [0.25, 0.3) is 0 Å². The topological polar surface area (TPSA) is 66.8 Å². The van der Waals surface area contributed by atoms with Crippen LogP contribution < -0.4 is 4.74 Å². The summed E-state index contributed by atoms with van der Waals surface area (Å²) in [5, 5.41) is 9.22. The van der Waals surface area contributed by atoms with E-state index in [0.29, 0.717) is 19.4 Å². The van der Waals surface area contributed by atoms with E-state index in [1.807, 2.05) is 6.92 Å². The Labute approximate surface area is 136 Å². The van der Waals surface area contributed by atoms with E-state index in [1.54, 1.807) is 12.0 Å². The van der Waals surface area contributed by atoms with Gasteiger partial charge in [0.1, 0.15) is 11.8 Å². The fourth-order valence-electron chi connectivity index (χ4n) is 3.91. The van der Waals surface area contributed by atoms with Crippen LogP contribution in [-0.2, 0) is 22.4 Å². The first kappa shape index (κ1) is 15.8. The van der Waals surface area contributed by atoms with Gasteiger partial charge < -0.3 is 14.7 Å². The van der Waals surface area contributed by atoms with Crippen molar-refractivity contribution >= 4 is 11.9 Å². The van der Waals surface area contributed by atoms with Crippen molar-refractivity contribution in [2.45, 2.75) is 45.1 Å². The number of aryl methyl sites for hydroxylation is 1. The largest absolute Gasteiger partial charge is 0.496 e. The number of ether oxygens (including phenoxy) is 1. The maximum Gasteiger partial charge on any atom is 0.326 e. The lowest BCUT2D eigenvalue weighted by molar-refractivity contribution is -0.148. The third kappa shape index (κ3) is 3.05. The van der Waals surface area contributed by atoms with Crippen molar-refractivity contribution in [3.8, 4) is 5.75 Å². The summed E-state index contributed by atoms with van der Waals surface area (Å²) in [6.07, 6.45) is 3.53. The molecule has 0 spiro atoms. The van der Waals surface area contributed by atoms with Crippen LogP contribution in [0, 0.1) is 12.8 Å². The normalized spacial score (nSPS) is 23.0. The van der Waals surface area contributed by atoms with Crippen LogP contribution in [0.1, 0.15) is 36.0 Å². The summed E-state index contributed by atoms with van der Waals surface area (Å²) < 4.78 is 5.37. The fraction of sp³-hybridized carbons (Fsp3) is 0.556. The Morgan fingerprint density at radius 2 is 2.00 bits per heavy atom. The standard InChI is InChI=1S/C18H23NO4/c1-11-6-13-7-12(8-14(13)10-16(11)23-2)9-17(20)19-5-3-4-15(19)18(21)22/h6,10,12,15H,3-5,7-9H2,1-2H3,(H,21,22)/t12?,15-/m0/s1. The van der Waals surface area contributed by atoms with Crippen molar-refractivity contribution in [1.29, 1.82) is 0 Å². The molecular weight excluding hydrogens is 294 g/mol. The van der Waals surface area contributed by atoms with Crippen LogP contribution in [0.2, 0.25) is 0 Å². The average molecular weight is 317 g/mol. The van der Waals surface area contributed by atoms with Gasteiger partial charge in [-0.25, -0.2) is 4.79 Å². The van der Waals surface area contributed by atoms with E-state index >= 15 is 0 Å². The van der Waals surface area contributed by atoms with Crippen molar-refractivity contribution in [2.75, 3.05) is 13.7 Å². The first-order valence-electron chi connectivity index (χ1n) is 8.18. The van der Waals surface area contributed by atoms with Crippen LogP contribution in [0.15, 0.2) is 12.1 Å². The van der Waals surface area contributed by atoms with Gasteiger partial charge in [-0.05, 0) is 61.3 Å². The number of nitrogens with zero attached hydrogens (tertiary/aromatic N) is 1. The molecule has 1 aliphatic carbocycles. The van der Waals surface area contributed by atoms with Gasteiger partial charge in [-0.2, -0.15) is 0 Å². The van der Waals surface area contributed by atoms with E-state index in [4.69, 9.17) is 4.74 Å². The summed E-state index contributed by atoms with van der Waals surface area (Å²) in [6.45, 7) is 2.60. The molecule has 3 rings (SSSR count). The molecule has 0 bridgehead atoms. The van der Waals surface area contributed by atoms with Crippen molar-refractivity contribution in [3.05, 3.63) is 28.8 Å². The monoisotopic (exact) mass is 317 g/mol. The number of carbonyl (C=O) groups is 2. The molecule has 0 saturated carbocycles. The molecule has 1 unspecified atom stereocenters. The van der Waals surface area contributed by atoms with Crippen LogP contribution in [0.5, 0.6) is 5.75 Å². The minimum atomic E-state index is -0.883. The Morgan fingerprint density at radius 3 is 2.65 bits per heavy atom. The highest BCUT2D eigenvalue weighted by atomic mass is 16.5. The maximum absolute atomic E-state index is 12.5. The van der Waals surface area contributed by atoms with Crippen molar-refractivity contribution in [1.82, 2.24) is 4.90 Å². The van der Waals surface area contributed by atoms with E-state index < -0.39 is 12.0 Å². The number of aliphatic carboxylic acids is 1. The molecule has 1 aromatic carbocycles. The molecule has 5 nitrogen and oxygen atoms in total. The first-order chi connectivity index (χ1) is 11.0. The molecule has 23 heavy (non-hydrogen) atoms. The van der Waals surface area contributed by atoms with Crippen molar-refractivity contribution in [3.63, 3.8) is 0 Å². The van der Waals surface area contributed by atoms with E-state index in [1.165, 1.54) is 11.1 Å². The van der Waals surface area contributed by atoms with Gasteiger partial charge in [0.2, 0.25) is 5.91 Å². The molecule has 0 radical (unpaired) electrons. The van der Waals surface area contributed by atoms with E-state index in [0.717, 1.165) is 30.6 Å². The minimum Gasteiger partial charge on any atom is -0.496 e. The van der Waals surface area contributed by atoms with E-state index in [9.17, 15) is 14.7 Å². The Hall–Kier alpha value is -2.04. The van der Waals surface area contributed by atoms with Gasteiger partial charge in [0.15, 0.2) is 0 Å². The van der Waals surface area contributed by atoms with Crippen molar-refractivity contribution < 1.29 is 19.4 Å². The number of likely N-dealkylation sites (tertiary alicyclic amines) is 1. The highest BCUT2D eigenvalue weighted by molar-refractivity contribution is 5.84. The maximum atomic E-state index is 12.5. The smallest absolute Gasteiger partial charge is 0.326 e. The third-order valence-electron chi connectivity index (χ3n) is 5.06. The number of hydrogen-bond acceptors (Lipinski definition) is 3. The van der Waals surface area contributed by atoms with Crippen LogP contribution in [0.4, 0.5) is 0 Å². The lowest BCUT2D eigenvalue weighted by Gasteiger charge is -2.23. The number of rotatable bonds is 4. The first-order valence-corrected chi connectivity index (χ1v) is 8.18. The summed E-state index contributed by atoms with van der Waals surface area (Å²) in [7, 11) is 1.67. The molecule has 124 valence electrons. The number of carboxylic acid groups (broad SMARTS) is 1. The summed E-state index contributed by atoms with van der Waals surface area (Å²) in [5.41, 5.74) is 3.66. The lowest BCUT2D eigenvalue weighted by atomic mass is 10.0. The van der Waals surface area contributed by atoms with Gasteiger partial charge in [0.25, 0.3) is 0 Å². The molecule has 1 fully saturated rings. The second-order valence-electron chi connectivity index (χ2n) is 6.65. The number of hydrogen-bond donors (Lipinski definition) is 1. The zero-order valence-electron chi connectivity index (χ0n) is 13.7. The highest BCUT2D eigenvalue weighted by Crippen LogP contribution is 2.34. The van der Waals surface area contributed by atoms with Crippen molar-refractivity contribution in [2.24, 2.45) is 5.92 Å². The molecule has 1 heterocycles. The second-order valence-corrected chi connectivity index (χ2v) is 6.65. The van der Waals surface area contributed by atoms with Gasteiger partial charge in [-0.3, -0.25) is 4.79 Å². The summed E-state index contributed by atoms with van der Waals surface area (Å²) in [5.74, 6) is 0.252. The molecule has 1 N–H and O–H groups in total. The third-order valence-corrected chi connectivity index (χ3v) is 5.06. The quantitative estimate of drug-likeness (QED) is 0.924. The number of fused-ring (bicyclic) bond motifs is 1. The zero-order chi connectivity index (χ0) is 16.6. The molecule has 5 heteroatoms. The molecule has 1 amide bonds. The van der Waals surface area contributed by atoms with Gasteiger partial charge in [-0.15, -0.1) is 0 Å². The molecule has 2 aliphatic rings.